The van der Waals surface area contributed by atoms with Crippen molar-refractivity contribution in [2.45, 2.75) is 45.4 Å². The number of benzene rings is 2. The van der Waals surface area contributed by atoms with E-state index in [0.717, 1.165) is 16.6 Å². The summed E-state index contributed by atoms with van der Waals surface area (Å²) < 4.78 is 12.1. The molecule has 1 aliphatic heterocycles. The number of nitrogens with two attached hydrogens (primary N) is 2. The highest BCUT2D eigenvalue weighted by molar-refractivity contribution is 6.62. The van der Waals surface area contributed by atoms with Crippen LogP contribution in [0.4, 0.5) is 5.69 Å². The van der Waals surface area contributed by atoms with Crippen LogP contribution in [0, 0.1) is 0 Å². The van der Waals surface area contributed by atoms with Crippen LogP contribution < -0.4 is 16.9 Å². The molecule has 0 unspecified atom stereocenters. The summed E-state index contributed by atoms with van der Waals surface area (Å²) in [5.74, 6) is 0.423. The molecule has 0 atom stereocenters. The fraction of sp³-hybridized carbons (Fsp3) is 0.350. The van der Waals surface area contributed by atoms with Gasteiger partial charge in [-0.25, -0.2) is 0 Å². The van der Waals surface area contributed by atoms with Crippen LogP contribution in [0.25, 0.3) is 0 Å². The Hall–Kier alpha value is -2.31. The normalized spacial score (nSPS) is 18.9. The molecule has 0 radical (unpaired) electrons. The van der Waals surface area contributed by atoms with Crippen molar-refractivity contribution in [1.29, 1.82) is 0 Å². The standard InChI is InChI=1S/C20H26BN3O2/c1-19(2)20(3,4)26-21(25-19)15-10-11-16(17(22)12-15)18(23)24-13-14-8-6-5-7-9-14/h5-12H,13,22H2,1-4H3,(H2,23,24). The average Bonchev–Trinajstić information content (AvgIpc) is 2.81. The molecule has 0 aromatic heterocycles. The molecule has 1 aliphatic rings. The first kappa shape index (κ1) is 18.5. The molecule has 4 N–H and O–H groups in total. The molecule has 3 rings (SSSR count). The van der Waals surface area contributed by atoms with Crippen LogP contribution in [-0.2, 0) is 15.9 Å². The Balaban J connectivity index is 1.78. The summed E-state index contributed by atoms with van der Waals surface area (Å²) in [5.41, 5.74) is 14.8. The van der Waals surface area contributed by atoms with Gasteiger partial charge in [-0.2, -0.15) is 0 Å². The summed E-state index contributed by atoms with van der Waals surface area (Å²) in [7, 11) is -0.446. The number of nitrogen functional groups attached to an aromatic ring is 1. The molecular formula is C20H26BN3O2. The number of nitrogens with zero attached hydrogens (tertiary/aromatic N) is 1. The number of anilines is 1. The third kappa shape index (κ3) is 3.62. The first-order valence-corrected chi connectivity index (χ1v) is 8.79. The molecule has 5 nitrogen and oxygen atoms in total. The van der Waals surface area contributed by atoms with E-state index in [-0.39, 0.29) is 11.2 Å². The maximum atomic E-state index is 6.22. The van der Waals surface area contributed by atoms with Gasteiger partial charge in [0.2, 0.25) is 0 Å². The van der Waals surface area contributed by atoms with Crippen LogP contribution in [0.15, 0.2) is 53.5 Å². The minimum Gasteiger partial charge on any atom is -0.399 e. The van der Waals surface area contributed by atoms with Gasteiger partial charge in [-0.15, -0.1) is 0 Å². The van der Waals surface area contributed by atoms with E-state index in [0.29, 0.717) is 18.1 Å². The topological polar surface area (TPSA) is 82.9 Å². The van der Waals surface area contributed by atoms with Gasteiger partial charge in [0.05, 0.1) is 17.7 Å². The van der Waals surface area contributed by atoms with E-state index in [1.54, 1.807) is 0 Å². The highest BCUT2D eigenvalue weighted by Crippen LogP contribution is 2.36. The fourth-order valence-electron chi connectivity index (χ4n) is 2.79. The van der Waals surface area contributed by atoms with Gasteiger partial charge in [0.15, 0.2) is 0 Å². The summed E-state index contributed by atoms with van der Waals surface area (Å²) in [6, 6.07) is 15.6. The molecule has 2 aromatic rings. The molecule has 0 bridgehead atoms. The van der Waals surface area contributed by atoms with Crippen LogP contribution in [0.3, 0.4) is 0 Å². The summed E-state index contributed by atoms with van der Waals surface area (Å²) >= 11 is 0. The third-order valence-electron chi connectivity index (χ3n) is 5.15. The van der Waals surface area contributed by atoms with Crippen LogP contribution >= 0.6 is 0 Å². The maximum absolute atomic E-state index is 6.22. The van der Waals surface area contributed by atoms with Crippen molar-refractivity contribution in [3.8, 4) is 0 Å². The molecule has 0 spiro atoms. The van der Waals surface area contributed by atoms with E-state index < -0.39 is 7.12 Å². The number of amidine groups is 1. The number of hydrogen-bond acceptors (Lipinski definition) is 4. The minimum absolute atomic E-state index is 0.388. The minimum atomic E-state index is -0.446. The predicted molar refractivity (Wildman–Crippen MR) is 107 cm³/mol. The van der Waals surface area contributed by atoms with Crippen LogP contribution in [0.2, 0.25) is 0 Å². The SMILES string of the molecule is CC1(C)OB(c2ccc(C(N)=NCc3ccccc3)c(N)c2)OC1(C)C. The first-order valence-electron chi connectivity index (χ1n) is 8.79. The molecule has 26 heavy (non-hydrogen) atoms. The molecule has 1 fully saturated rings. The lowest BCUT2D eigenvalue weighted by atomic mass is 9.78. The van der Waals surface area contributed by atoms with Crippen molar-refractivity contribution in [2.24, 2.45) is 10.7 Å². The second kappa shape index (κ2) is 6.78. The lowest BCUT2D eigenvalue weighted by molar-refractivity contribution is 0.00578. The molecule has 2 aromatic carbocycles. The van der Waals surface area contributed by atoms with Gasteiger partial charge in [0.25, 0.3) is 0 Å². The van der Waals surface area contributed by atoms with E-state index >= 15 is 0 Å². The van der Waals surface area contributed by atoms with Crippen molar-refractivity contribution in [2.75, 3.05) is 5.73 Å². The zero-order chi connectivity index (χ0) is 18.9. The van der Waals surface area contributed by atoms with Crippen molar-refractivity contribution in [3.05, 3.63) is 59.7 Å². The number of hydrogen-bond donors (Lipinski definition) is 2. The Bertz CT molecular complexity index is 803. The zero-order valence-corrected chi connectivity index (χ0v) is 15.8. The summed E-state index contributed by atoms with van der Waals surface area (Å²) in [6.07, 6.45) is 0. The Morgan fingerprint density at radius 1 is 1.00 bits per heavy atom. The Morgan fingerprint density at radius 2 is 1.62 bits per heavy atom. The van der Waals surface area contributed by atoms with Crippen LogP contribution in [0.1, 0.15) is 38.8 Å². The molecule has 0 amide bonds. The smallest absolute Gasteiger partial charge is 0.399 e. The van der Waals surface area contributed by atoms with Gasteiger partial charge in [0.1, 0.15) is 5.84 Å². The largest absolute Gasteiger partial charge is 0.494 e. The monoisotopic (exact) mass is 351 g/mol. The first-order chi connectivity index (χ1) is 12.2. The van der Waals surface area contributed by atoms with E-state index in [4.69, 9.17) is 20.8 Å². The fourth-order valence-corrected chi connectivity index (χ4v) is 2.79. The molecule has 6 heteroatoms. The van der Waals surface area contributed by atoms with Gasteiger partial charge in [-0.3, -0.25) is 4.99 Å². The molecule has 0 aliphatic carbocycles. The Morgan fingerprint density at radius 3 is 2.19 bits per heavy atom. The highest BCUT2D eigenvalue weighted by atomic mass is 16.7. The number of rotatable bonds is 4. The molecule has 0 saturated carbocycles. The van der Waals surface area contributed by atoms with Crippen molar-refractivity contribution in [3.63, 3.8) is 0 Å². The molecular weight excluding hydrogens is 325 g/mol. The summed E-state index contributed by atoms with van der Waals surface area (Å²) in [5, 5.41) is 0. The van der Waals surface area contributed by atoms with E-state index in [1.807, 2.05) is 76.2 Å². The lowest BCUT2D eigenvalue weighted by Gasteiger charge is -2.32. The summed E-state index contributed by atoms with van der Waals surface area (Å²) in [6.45, 7) is 8.63. The predicted octanol–water partition coefficient (Wildman–Crippen LogP) is 2.47. The van der Waals surface area contributed by atoms with E-state index in [9.17, 15) is 0 Å². The highest BCUT2D eigenvalue weighted by Gasteiger charge is 2.51. The quantitative estimate of drug-likeness (QED) is 0.384. The van der Waals surface area contributed by atoms with Gasteiger partial charge in [-0.1, -0.05) is 36.4 Å². The Labute approximate surface area is 155 Å². The van der Waals surface area contributed by atoms with Crippen molar-refractivity contribution >= 4 is 24.1 Å². The van der Waals surface area contributed by atoms with Crippen LogP contribution in [0.5, 0.6) is 0 Å². The second-order valence-electron chi connectivity index (χ2n) is 7.62. The third-order valence-corrected chi connectivity index (χ3v) is 5.15. The zero-order valence-electron chi connectivity index (χ0n) is 15.8. The molecule has 1 heterocycles. The average molecular weight is 351 g/mol. The number of aliphatic imine (C=N–C) groups is 1. The van der Waals surface area contributed by atoms with Crippen molar-refractivity contribution < 1.29 is 9.31 Å². The Kier molecular flexibility index (Phi) is 4.82. The van der Waals surface area contributed by atoms with Crippen molar-refractivity contribution in [1.82, 2.24) is 0 Å². The second-order valence-corrected chi connectivity index (χ2v) is 7.62. The lowest BCUT2D eigenvalue weighted by Crippen LogP contribution is -2.41. The van der Waals surface area contributed by atoms with Gasteiger partial charge < -0.3 is 20.8 Å². The summed E-state index contributed by atoms with van der Waals surface area (Å²) in [4.78, 5) is 4.45. The van der Waals surface area contributed by atoms with Gasteiger partial charge in [0, 0.05) is 11.3 Å². The van der Waals surface area contributed by atoms with Crippen LogP contribution in [-0.4, -0.2) is 24.2 Å². The van der Waals surface area contributed by atoms with Gasteiger partial charge >= 0.3 is 7.12 Å². The van der Waals surface area contributed by atoms with Gasteiger partial charge in [-0.05, 0) is 50.9 Å². The van der Waals surface area contributed by atoms with E-state index in [2.05, 4.69) is 4.99 Å². The maximum Gasteiger partial charge on any atom is 0.494 e. The molecule has 136 valence electrons. The molecule has 1 saturated heterocycles. The van der Waals surface area contributed by atoms with E-state index in [1.165, 1.54) is 0 Å².